The Labute approximate surface area is 129 Å². The summed E-state index contributed by atoms with van der Waals surface area (Å²) in [6.07, 6.45) is -1.87. The maximum absolute atomic E-state index is 13.1. The molecule has 3 rings (SSSR count). The van der Waals surface area contributed by atoms with Crippen molar-refractivity contribution in [3.8, 4) is 22.8 Å². The summed E-state index contributed by atoms with van der Waals surface area (Å²) < 4.78 is 24.4. The highest BCUT2D eigenvalue weighted by molar-refractivity contribution is 5.79. The van der Waals surface area contributed by atoms with Crippen LogP contribution < -0.4 is 9.47 Å². The van der Waals surface area contributed by atoms with Gasteiger partial charge in [0.25, 0.3) is 0 Å². The van der Waals surface area contributed by atoms with E-state index in [1.54, 1.807) is 4.57 Å². The fourth-order valence-corrected chi connectivity index (χ4v) is 2.79. The number of carbonyl (C=O) groups is 2. The van der Waals surface area contributed by atoms with Gasteiger partial charge in [0.1, 0.15) is 5.82 Å². The van der Waals surface area contributed by atoms with Crippen molar-refractivity contribution in [1.82, 2.24) is 4.57 Å². The van der Waals surface area contributed by atoms with Crippen LogP contribution in [0.4, 0.5) is 14.0 Å². The van der Waals surface area contributed by atoms with Crippen molar-refractivity contribution in [2.75, 3.05) is 0 Å². The van der Waals surface area contributed by atoms with Crippen LogP contribution in [0.25, 0.3) is 11.3 Å². The third-order valence-electron chi connectivity index (χ3n) is 3.57. The molecule has 23 heavy (non-hydrogen) atoms. The molecule has 1 aromatic heterocycles. The quantitative estimate of drug-likeness (QED) is 0.841. The van der Waals surface area contributed by atoms with E-state index < -0.39 is 18.1 Å². The molecule has 0 bridgehead atoms. The Morgan fingerprint density at radius 2 is 1.65 bits per heavy atom. The molecule has 0 saturated carbocycles. The molecule has 0 radical (unpaired) electrons. The molecule has 0 amide bonds. The summed E-state index contributed by atoms with van der Waals surface area (Å²) in [6.45, 7) is 0.557. The van der Waals surface area contributed by atoms with Crippen molar-refractivity contribution in [3.05, 3.63) is 35.8 Å². The molecular weight excluding hydrogens is 309 g/mol. The van der Waals surface area contributed by atoms with E-state index in [2.05, 4.69) is 0 Å². The van der Waals surface area contributed by atoms with Gasteiger partial charge in [-0.25, -0.2) is 14.0 Å². The van der Waals surface area contributed by atoms with E-state index in [4.69, 9.17) is 19.7 Å². The highest BCUT2D eigenvalue weighted by atomic mass is 19.1. The van der Waals surface area contributed by atoms with Crippen LogP contribution in [-0.4, -0.2) is 27.1 Å². The van der Waals surface area contributed by atoms with E-state index in [1.165, 1.54) is 24.3 Å². The molecule has 1 aromatic carbocycles. The summed E-state index contributed by atoms with van der Waals surface area (Å²) in [5.74, 6) is -0.761. The van der Waals surface area contributed by atoms with Gasteiger partial charge in [0.15, 0.2) is 5.75 Å². The van der Waals surface area contributed by atoms with Crippen molar-refractivity contribution in [2.45, 2.75) is 19.4 Å². The zero-order chi connectivity index (χ0) is 16.6. The second-order valence-electron chi connectivity index (χ2n) is 4.95. The lowest BCUT2D eigenvalue weighted by molar-refractivity contribution is 0.133. The lowest BCUT2D eigenvalue weighted by Crippen LogP contribution is -2.08. The second kappa shape index (κ2) is 5.64. The monoisotopic (exact) mass is 321 g/mol. The van der Waals surface area contributed by atoms with Crippen molar-refractivity contribution in [3.63, 3.8) is 0 Å². The van der Waals surface area contributed by atoms with Crippen LogP contribution in [-0.2, 0) is 13.0 Å². The Hall–Kier alpha value is -3.03. The Kier molecular flexibility index (Phi) is 3.65. The van der Waals surface area contributed by atoms with Gasteiger partial charge in [-0.15, -0.1) is 0 Å². The Morgan fingerprint density at radius 3 is 2.26 bits per heavy atom. The number of aromatic nitrogens is 1. The van der Waals surface area contributed by atoms with E-state index in [0.717, 1.165) is 6.42 Å². The van der Waals surface area contributed by atoms with Crippen LogP contribution in [0, 0.1) is 5.82 Å². The molecular formula is C15H12FNO6. The van der Waals surface area contributed by atoms with Gasteiger partial charge >= 0.3 is 12.3 Å². The van der Waals surface area contributed by atoms with E-state index in [1.807, 2.05) is 0 Å². The molecule has 0 saturated heterocycles. The van der Waals surface area contributed by atoms with E-state index in [-0.39, 0.29) is 11.5 Å². The summed E-state index contributed by atoms with van der Waals surface area (Å²) in [5.41, 5.74) is 1.41. The number of hydrogen-bond acceptors (Lipinski definition) is 4. The predicted molar refractivity (Wildman–Crippen MR) is 75.5 cm³/mol. The number of nitrogens with zero attached hydrogens (tertiary/aromatic N) is 1. The minimum Gasteiger partial charge on any atom is -0.449 e. The Morgan fingerprint density at radius 1 is 1.04 bits per heavy atom. The van der Waals surface area contributed by atoms with Gasteiger partial charge in [-0.2, -0.15) is 0 Å². The first kappa shape index (κ1) is 14.9. The summed E-state index contributed by atoms with van der Waals surface area (Å²) in [4.78, 5) is 21.9. The molecule has 8 heteroatoms. The molecule has 2 aromatic rings. The summed E-state index contributed by atoms with van der Waals surface area (Å²) in [5, 5.41) is 17.8. The topological polar surface area (TPSA) is 98.0 Å². The van der Waals surface area contributed by atoms with E-state index >= 15 is 0 Å². The lowest BCUT2D eigenvalue weighted by atomic mass is 10.1. The molecule has 0 aliphatic carbocycles. The maximum Gasteiger partial charge on any atom is 0.511 e. The van der Waals surface area contributed by atoms with Crippen molar-refractivity contribution >= 4 is 12.3 Å². The van der Waals surface area contributed by atoms with Gasteiger partial charge in [0.05, 0.1) is 11.4 Å². The number of rotatable bonds is 3. The van der Waals surface area contributed by atoms with Crippen LogP contribution in [0.5, 0.6) is 11.5 Å². The molecule has 0 spiro atoms. The summed E-state index contributed by atoms with van der Waals surface area (Å²) in [6, 6.07) is 5.39. The van der Waals surface area contributed by atoms with Crippen molar-refractivity contribution in [2.24, 2.45) is 0 Å². The van der Waals surface area contributed by atoms with Crippen LogP contribution in [0.1, 0.15) is 12.1 Å². The Balaban J connectivity index is 2.22. The minimum atomic E-state index is -1.59. The number of hydrogen-bond donors (Lipinski definition) is 2. The summed E-state index contributed by atoms with van der Waals surface area (Å²) in [7, 11) is 0. The fourth-order valence-electron chi connectivity index (χ4n) is 2.79. The van der Waals surface area contributed by atoms with Gasteiger partial charge in [-0.05, 0) is 37.1 Å². The number of ether oxygens (including phenoxy) is 2. The number of fused-ring (bicyclic) bond motifs is 1. The average Bonchev–Trinajstić information content (AvgIpc) is 3.03. The van der Waals surface area contributed by atoms with Crippen LogP contribution in [0.15, 0.2) is 24.3 Å². The minimum absolute atomic E-state index is 0.128. The zero-order valence-electron chi connectivity index (χ0n) is 11.8. The summed E-state index contributed by atoms with van der Waals surface area (Å²) >= 11 is 0. The molecule has 0 atom stereocenters. The van der Waals surface area contributed by atoms with Gasteiger partial charge in [0, 0.05) is 12.1 Å². The molecule has 7 nitrogen and oxygen atoms in total. The SMILES string of the molecule is O=C(O)Oc1c(OC(=O)O)c(-c2ccc(F)cc2)n2c1CCC2. The van der Waals surface area contributed by atoms with E-state index in [9.17, 15) is 14.0 Å². The van der Waals surface area contributed by atoms with Gasteiger partial charge in [-0.1, -0.05) is 0 Å². The molecule has 2 heterocycles. The average molecular weight is 321 g/mol. The zero-order valence-corrected chi connectivity index (χ0v) is 11.8. The molecule has 2 N–H and O–H groups in total. The highest BCUT2D eigenvalue weighted by Crippen LogP contribution is 2.46. The number of carboxylic acid groups (broad SMARTS) is 2. The van der Waals surface area contributed by atoms with Crippen molar-refractivity contribution in [1.29, 1.82) is 0 Å². The van der Waals surface area contributed by atoms with Crippen molar-refractivity contribution < 1.29 is 33.7 Å². The molecule has 0 unspecified atom stereocenters. The fraction of sp³-hybridized carbons (Fsp3) is 0.200. The normalized spacial score (nSPS) is 12.7. The first-order chi connectivity index (χ1) is 11.0. The van der Waals surface area contributed by atoms with Gasteiger partial charge in [0.2, 0.25) is 5.75 Å². The molecule has 1 aliphatic heterocycles. The van der Waals surface area contributed by atoms with Gasteiger partial charge in [-0.3, -0.25) is 0 Å². The third kappa shape index (κ3) is 2.70. The standard InChI is InChI=1S/C15H12FNO6/c16-9-5-3-8(4-6-9)11-13(23-15(20)21)12(22-14(18)19)10-2-1-7-17(10)11/h3-6H,1-2,7H2,(H,18,19)(H,20,21). The van der Waals surface area contributed by atoms with E-state index in [0.29, 0.717) is 29.9 Å². The maximum atomic E-state index is 13.1. The van der Waals surface area contributed by atoms with Crippen LogP contribution in [0.2, 0.25) is 0 Å². The molecule has 0 fully saturated rings. The Bertz CT molecular complexity index is 780. The molecule has 120 valence electrons. The van der Waals surface area contributed by atoms with Gasteiger partial charge < -0.3 is 24.3 Å². The largest absolute Gasteiger partial charge is 0.511 e. The van der Waals surface area contributed by atoms with Crippen LogP contribution in [0.3, 0.4) is 0 Å². The number of halogens is 1. The number of benzene rings is 1. The van der Waals surface area contributed by atoms with Crippen LogP contribution >= 0.6 is 0 Å². The predicted octanol–water partition coefficient (Wildman–Crippen LogP) is 3.35. The first-order valence-corrected chi connectivity index (χ1v) is 6.80. The molecule has 1 aliphatic rings. The third-order valence-corrected chi connectivity index (χ3v) is 3.57. The lowest BCUT2D eigenvalue weighted by Gasteiger charge is -2.09. The second-order valence-corrected chi connectivity index (χ2v) is 4.95. The highest BCUT2D eigenvalue weighted by Gasteiger charge is 2.32. The first-order valence-electron chi connectivity index (χ1n) is 6.80. The smallest absolute Gasteiger partial charge is 0.449 e.